The van der Waals surface area contributed by atoms with Crippen molar-refractivity contribution in [3.63, 3.8) is 0 Å². The highest BCUT2D eigenvalue weighted by molar-refractivity contribution is 6.01. The van der Waals surface area contributed by atoms with Gasteiger partial charge in [-0.3, -0.25) is 4.79 Å². The Kier molecular flexibility index (Phi) is 20.3. The minimum Gasteiger partial charge on any atom is -0.494 e. The number of ether oxygens (including phenoxy) is 6. The number of hydrogen-bond donors (Lipinski definition) is 0. The summed E-state index contributed by atoms with van der Waals surface area (Å²) in [6, 6.07) is 17.5. The predicted octanol–water partition coefficient (Wildman–Crippen LogP) is 9.47. The fourth-order valence-electron chi connectivity index (χ4n) is 5.25. The van der Waals surface area contributed by atoms with Crippen LogP contribution in [0.2, 0.25) is 0 Å². The quantitative estimate of drug-likeness (QED) is 0.0241. The van der Waals surface area contributed by atoms with Crippen LogP contribution in [0.15, 0.2) is 92.0 Å². The van der Waals surface area contributed by atoms with Crippen molar-refractivity contribution in [2.24, 2.45) is 5.92 Å². The van der Waals surface area contributed by atoms with Crippen molar-refractivity contribution in [3.05, 3.63) is 109 Å². The maximum atomic E-state index is 13.4. The number of rotatable bonds is 27. The molecule has 0 unspecified atom stereocenters. The molecule has 0 amide bonds. The minimum atomic E-state index is -0.650. The number of carbonyl (C=O) groups excluding carboxylic acids is 5. The van der Waals surface area contributed by atoms with Crippen LogP contribution in [0.25, 0.3) is 0 Å². The third-order valence-corrected chi connectivity index (χ3v) is 8.84. The molecular formula is C45H54O11. The Bertz CT molecular complexity index is 1730. The number of unbranched alkanes of at least 4 members (excludes halogenated alkanes) is 6. The first-order valence-electron chi connectivity index (χ1n) is 19.3. The van der Waals surface area contributed by atoms with E-state index in [1.807, 2.05) is 0 Å². The van der Waals surface area contributed by atoms with Crippen molar-refractivity contribution < 1.29 is 52.4 Å². The highest BCUT2D eigenvalue weighted by Gasteiger charge is 2.20. The van der Waals surface area contributed by atoms with Crippen LogP contribution in [0.1, 0.15) is 116 Å². The standard InChI is InChI=1S/C45H54O11/c1-5-33(4)16-26-40(46)39-32-38(55-44(49)34-17-21-36(22-18-34)51-28-12-8-10-14-30-53-42(47)6-2)25-27-41(39)56-45(50)35-19-23-37(24-20-35)52-29-13-9-11-15-31-54-43(48)7-3/h6-7,17-25,27,32-33H,2-3,5,8-16,26,28-31H2,1,4H3/t33-/m0/s1. The van der Waals surface area contributed by atoms with Gasteiger partial charge in [0.2, 0.25) is 0 Å². The highest BCUT2D eigenvalue weighted by atomic mass is 16.5. The van der Waals surface area contributed by atoms with Crippen molar-refractivity contribution in [1.29, 1.82) is 0 Å². The molecule has 0 N–H and O–H groups in total. The average Bonchev–Trinajstić information content (AvgIpc) is 3.22. The van der Waals surface area contributed by atoms with Crippen molar-refractivity contribution in [2.45, 2.75) is 84.5 Å². The zero-order valence-corrected chi connectivity index (χ0v) is 32.6. The Morgan fingerprint density at radius 1 is 0.589 bits per heavy atom. The van der Waals surface area contributed by atoms with E-state index < -0.39 is 23.9 Å². The van der Waals surface area contributed by atoms with E-state index in [0.717, 1.165) is 69.9 Å². The summed E-state index contributed by atoms with van der Waals surface area (Å²) in [5.74, 6) is -0.592. The molecule has 3 aromatic rings. The van der Waals surface area contributed by atoms with E-state index in [-0.39, 0.29) is 34.8 Å². The predicted molar refractivity (Wildman–Crippen MR) is 213 cm³/mol. The van der Waals surface area contributed by atoms with Crippen LogP contribution in [0.4, 0.5) is 0 Å². The maximum Gasteiger partial charge on any atom is 0.343 e. The number of ketones is 1. The Balaban J connectivity index is 1.54. The highest BCUT2D eigenvalue weighted by Crippen LogP contribution is 2.29. The number of hydrogen-bond acceptors (Lipinski definition) is 11. The molecule has 0 heterocycles. The molecule has 300 valence electrons. The molecule has 0 aromatic heterocycles. The van der Waals surface area contributed by atoms with E-state index in [1.54, 1.807) is 48.5 Å². The molecule has 3 aromatic carbocycles. The lowest BCUT2D eigenvalue weighted by molar-refractivity contribution is -0.138. The normalized spacial score (nSPS) is 11.1. The summed E-state index contributed by atoms with van der Waals surface area (Å²) in [5.41, 5.74) is 0.714. The monoisotopic (exact) mass is 770 g/mol. The van der Waals surface area contributed by atoms with Crippen molar-refractivity contribution in [2.75, 3.05) is 26.4 Å². The summed E-state index contributed by atoms with van der Waals surface area (Å²) < 4.78 is 32.9. The lowest BCUT2D eigenvalue weighted by atomic mass is 9.97. The van der Waals surface area contributed by atoms with E-state index in [2.05, 4.69) is 27.0 Å². The Hall–Kier alpha value is -5.71. The van der Waals surface area contributed by atoms with Crippen LogP contribution in [0.3, 0.4) is 0 Å². The van der Waals surface area contributed by atoms with Crippen LogP contribution >= 0.6 is 0 Å². The average molecular weight is 771 g/mol. The van der Waals surface area contributed by atoms with Gasteiger partial charge in [0.05, 0.1) is 43.1 Å². The summed E-state index contributed by atoms with van der Waals surface area (Å²) in [5, 5.41) is 0. The molecular weight excluding hydrogens is 716 g/mol. The number of esters is 4. The fourth-order valence-corrected chi connectivity index (χ4v) is 5.25. The lowest BCUT2D eigenvalue weighted by Gasteiger charge is -2.13. The van der Waals surface area contributed by atoms with Gasteiger partial charge in [-0.2, -0.15) is 0 Å². The topological polar surface area (TPSA) is 141 Å². The van der Waals surface area contributed by atoms with E-state index in [0.29, 0.717) is 55.8 Å². The van der Waals surface area contributed by atoms with Gasteiger partial charge >= 0.3 is 23.9 Å². The summed E-state index contributed by atoms with van der Waals surface area (Å²) in [7, 11) is 0. The number of carbonyl (C=O) groups is 5. The van der Waals surface area contributed by atoms with Gasteiger partial charge in [-0.15, -0.1) is 0 Å². The van der Waals surface area contributed by atoms with Crippen LogP contribution in [0, 0.1) is 5.92 Å². The summed E-state index contributed by atoms with van der Waals surface area (Å²) >= 11 is 0. The maximum absolute atomic E-state index is 13.4. The van der Waals surface area contributed by atoms with Crippen LogP contribution < -0.4 is 18.9 Å². The summed E-state index contributed by atoms with van der Waals surface area (Å²) in [6.07, 6.45) is 10.9. The third-order valence-electron chi connectivity index (χ3n) is 8.84. The zero-order chi connectivity index (χ0) is 40.5. The van der Waals surface area contributed by atoms with Gasteiger partial charge in [0, 0.05) is 18.6 Å². The molecule has 0 spiro atoms. The second kappa shape index (κ2) is 25.4. The molecule has 11 heteroatoms. The van der Waals surface area contributed by atoms with Gasteiger partial charge in [0.1, 0.15) is 23.0 Å². The molecule has 11 nitrogen and oxygen atoms in total. The van der Waals surface area contributed by atoms with Crippen LogP contribution in [-0.4, -0.2) is 56.1 Å². The summed E-state index contributed by atoms with van der Waals surface area (Å²) in [4.78, 5) is 61.8. The number of benzene rings is 3. The van der Waals surface area contributed by atoms with Gasteiger partial charge in [-0.1, -0.05) is 33.4 Å². The minimum absolute atomic E-state index is 0.0705. The van der Waals surface area contributed by atoms with Gasteiger partial charge in [-0.05, 0) is 130 Å². The van der Waals surface area contributed by atoms with Crippen molar-refractivity contribution in [1.82, 2.24) is 0 Å². The second-order valence-electron chi connectivity index (χ2n) is 13.2. The van der Waals surface area contributed by atoms with E-state index >= 15 is 0 Å². The molecule has 0 fully saturated rings. The van der Waals surface area contributed by atoms with E-state index in [9.17, 15) is 24.0 Å². The van der Waals surface area contributed by atoms with E-state index in [1.165, 1.54) is 18.2 Å². The first kappa shape index (κ1) is 44.7. The second-order valence-corrected chi connectivity index (χ2v) is 13.2. The van der Waals surface area contributed by atoms with Gasteiger partial charge in [-0.25, -0.2) is 19.2 Å². The largest absolute Gasteiger partial charge is 0.494 e. The Labute approximate surface area is 330 Å². The Morgan fingerprint density at radius 3 is 1.50 bits per heavy atom. The van der Waals surface area contributed by atoms with E-state index in [4.69, 9.17) is 28.4 Å². The van der Waals surface area contributed by atoms with Gasteiger partial charge in [0.15, 0.2) is 5.78 Å². The lowest BCUT2D eigenvalue weighted by Crippen LogP contribution is -2.13. The smallest absolute Gasteiger partial charge is 0.343 e. The fraction of sp³-hybridized carbons (Fsp3) is 0.400. The van der Waals surface area contributed by atoms with Gasteiger partial charge < -0.3 is 28.4 Å². The van der Waals surface area contributed by atoms with Gasteiger partial charge in [0.25, 0.3) is 0 Å². The summed E-state index contributed by atoms with van der Waals surface area (Å²) in [6.45, 7) is 12.6. The molecule has 0 saturated carbocycles. The first-order chi connectivity index (χ1) is 27.1. The molecule has 56 heavy (non-hydrogen) atoms. The van der Waals surface area contributed by atoms with Crippen LogP contribution in [0.5, 0.6) is 23.0 Å². The molecule has 0 aliphatic carbocycles. The molecule has 1 atom stereocenters. The molecule has 0 radical (unpaired) electrons. The van der Waals surface area contributed by atoms with Crippen molar-refractivity contribution in [3.8, 4) is 23.0 Å². The molecule has 0 saturated heterocycles. The van der Waals surface area contributed by atoms with Crippen LogP contribution in [-0.2, 0) is 19.1 Å². The molecule has 0 bridgehead atoms. The first-order valence-corrected chi connectivity index (χ1v) is 19.3. The molecule has 0 aliphatic heterocycles. The third kappa shape index (κ3) is 16.8. The Morgan fingerprint density at radius 2 is 1.04 bits per heavy atom. The SMILES string of the molecule is C=CC(=O)OCCCCCCOc1ccc(C(=O)Oc2ccc(OC(=O)c3ccc(OCCCCCCOC(=O)C=C)cc3)c(C(=O)CC[C@@H](C)CC)c2)cc1. The molecule has 3 rings (SSSR count). The van der Waals surface area contributed by atoms with Crippen molar-refractivity contribution >= 4 is 29.7 Å². The number of Topliss-reactive ketones (excluding diaryl/α,β-unsaturated/α-hetero) is 1. The molecule has 0 aliphatic rings. The zero-order valence-electron chi connectivity index (χ0n) is 32.6.